The number of hydrogen-bond acceptors (Lipinski definition) is 6. The molecule has 6 heteroatoms. The summed E-state index contributed by atoms with van der Waals surface area (Å²) in [5.74, 6) is 4.92. The smallest absolute Gasteiger partial charge is 0.176 e. The number of nitrogens with two attached hydrogens (primary N) is 1. The molecule has 1 aromatic rings. The van der Waals surface area contributed by atoms with Gasteiger partial charge >= 0.3 is 0 Å². The van der Waals surface area contributed by atoms with Crippen molar-refractivity contribution >= 4 is 11.4 Å². The third kappa shape index (κ3) is 1.43. The second-order valence-corrected chi connectivity index (χ2v) is 1.95. The fourth-order valence-corrected chi connectivity index (χ4v) is 0.734. The summed E-state index contributed by atoms with van der Waals surface area (Å²) < 4.78 is 0. The molecule has 12 heavy (non-hydrogen) atoms. The van der Waals surface area contributed by atoms with E-state index in [0.717, 1.165) is 0 Å². The van der Waals surface area contributed by atoms with E-state index in [1.807, 2.05) is 0 Å². The van der Waals surface area contributed by atoms with E-state index in [4.69, 9.17) is 5.90 Å². The molecule has 0 spiro atoms. The Kier molecular flexibility index (Phi) is 2.44. The Hall–Kier alpha value is -1.82. The van der Waals surface area contributed by atoms with Gasteiger partial charge in [-0.2, -0.15) is 5.90 Å². The highest BCUT2D eigenvalue weighted by atomic mass is 16.6. The lowest BCUT2D eigenvalue weighted by atomic mass is 10.2. The third-order valence-corrected chi connectivity index (χ3v) is 1.27. The van der Waals surface area contributed by atoms with Crippen molar-refractivity contribution in [2.75, 3.05) is 0 Å². The van der Waals surface area contributed by atoms with Gasteiger partial charge in [0.05, 0.1) is 0 Å². The van der Waals surface area contributed by atoms with Crippen molar-refractivity contribution in [1.29, 1.82) is 0 Å². The highest BCUT2D eigenvalue weighted by Crippen LogP contribution is 2.30. The molecule has 0 radical (unpaired) electrons. The van der Waals surface area contributed by atoms with Crippen LogP contribution in [0.5, 0.6) is 5.75 Å². The fourth-order valence-electron chi connectivity index (χ4n) is 0.734. The minimum atomic E-state index is -0.0467. The molecule has 0 aliphatic rings. The molecule has 0 aliphatic heterocycles. The number of nitrogens with zero attached hydrogens (tertiary/aromatic N) is 2. The number of rotatable bonds is 3. The molecule has 1 rings (SSSR count). The predicted octanol–water partition coefficient (Wildman–Crippen LogP) is 1.73. The first-order chi connectivity index (χ1) is 5.81. The third-order valence-electron chi connectivity index (χ3n) is 1.27. The van der Waals surface area contributed by atoms with Crippen molar-refractivity contribution < 1.29 is 4.84 Å². The van der Waals surface area contributed by atoms with E-state index in [9.17, 15) is 9.81 Å². The van der Waals surface area contributed by atoms with Crippen LogP contribution in [0.2, 0.25) is 0 Å². The van der Waals surface area contributed by atoms with Gasteiger partial charge in [-0.3, -0.25) is 0 Å². The van der Waals surface area contributed by atoms with Gasteiger partial charge in [0, 0.05) is 6.07 Å². The predicted molar refractivity (Wildman–Crippen MR) is 42.2 cm³/mol. The normalized spacial score (nSPS) is 9.08. The average molecular weight is 167 g/mol. The van der Waals surface area contributed by atoms with Crippen LogP contribution >= 0.6 is 0 Å². The monoisotopic (exact) mass is 167 g/mol. The van der Waals surface area contributed by atoms with E-state index in [1.54, 1.807) is 0 Å². The molecular weight excluding hydrogens is 162 g/mol. The molecule has 0 heterocycles. The molecule has 0 unspecified atom stereocenters. The quantitative estimate of drug-likeness (QED) is 0.547. The summed E-state index contributed by atoms with van der Waals surface area (Å²) in [5, 5.41) is 5.21. The Bertz CT molecular complexity index is 313. The number of benzene rings is 1. The van der Waals surface area contributed by atoms with Gasteiger partial charge in [-0.15, -0.1) is 9.81 Å². The van der Waals surface area contributed by atoms with Gasteiger partial charge in [-0.25, -0.2) is 0 Å². The number of hydrogen-bond donors (Lipinski definition) is 1. The van der Waals surface area contributed by atoms with E-state index in [2.05, 4.69) is 15.2 Å². The Labute approximate surface area is 67.2 Å². The molecule has 0 bridgehead atoms. The minimum Gasteiger partial charge on any atom is -0.409 e. The average Bonchev–Trinajstić information content (AvgIpc) is 2.16. The van der Waals surface area contributed by atoms with Crippen molar-refractivity contribution in [3.63, 3.8) is 0 Å². The second kappa shape index (κ2) is 3.54. The highest BCUT2D eigenvalue weighted by Gasteiger charge is 2.04. The molecule has 0 aliphatic carbocycles. The van der Waals surface area contributed by atoms with Crippen LogP contribution in [0.15, 0.2) is 28.6 Å². The van der Waals surface area contributed by atoms with Crippen LogP contribution in [0.3, 0.4) is 0 Å². The molecule has 6 nitrogen and oxygen atoms in total. The summed E-state index contributed by atoms with van der Waals surface area (Å²) in [7, 11) is 0. The zero-order valence-corrected chi connectivity index (χ0v) is 5.93. The van der Waals surface area contributed by atoms with Crippen LogP contribution in [0.1, 0.15) is 0 Å². The van der Waals surface area contributed by atoms with Gasteiger partial charge < -0.3 is 4.84 Å². The summed E-state index contributed by atoms with van der Waals surface area (Å²) in [5.41, 5.74) is 0.0556. The summed E-state index contributed by atoms with van der Waals surface area (Å²) in [6.07, 6.45) is 0. The zero-order chi connectivity index (χ0) is 8.97. The minimum absolute atomic E-state index is 0.0467. The van der Waals surface area contributed by atoms with E-state index in [-0.39, 0.29) is 17.1 Å². The van der Waals surface area contributed by atoms with Crippen LogP contribution in [-0.4, -0.2) is 0 Å². The molecule has 62 valence electrons. The van der Waals surface area contributed by atoms with Crippen molar-refractivity contribution in [3.05, 3.63) is 28.0 Å². The summed E-state index contributed by atoms with van der Waals surface area (Å²) in [6.45, 7) is 0. The molecular formula is C6H5N3O3. The molecule has 2 N–H and O–H groups in total. The van der Waals surface area contributed by atoms with Gasteiger partial charge in [0.2, 0.25) is 0 Å². The maximum absolute atomic E-state index is 10.1. The molecule has 0 fully saturated rings. The first kappa shape index (κ1) is 8.28. The molecule has 0 saturated heterocycles. The number of nitroso groups, excluding NO2 is 2. The topological polar surface area (TPSA) is 94.1 Å². The summed E-state index contributed by atoms with van der Waals surface area (Å²) in [4.78, 5) is 24.4. The fraction of sp³-hybridized carbons (Fsp3) is 0. The Morgan fingerprint density at radius 3 is 2.50 bits per heavy atom. The van der Waals surface area contributed by atoms with Crippen molar-refractivity contribution in [1.82, 2.24) is 0 Å². The van der Waals surface area contributed by atoms with Gasteiger partial charge in [-0.05, 0) is 22.5 Å². The second-order valence-electron chi connectivity index (χ2n) is 1.95. The van der Waals surface area contributed by atoms with Crippen LogP contribution in [0.25, 0.3) is 0 Å². The van der Waals surface area contributed by atoms with Crippen LogP contribution < -0.4 is 10.7 Å². The van der Waals surface area contributed by atoms with Crippen LogP contribution in [0.4, 0.5) is 11.4 Å². The molecule has 0 atom stereocenters. The lowest BCUT2D eigenvalue weighted by molar-refractivity contribution is 0.336. The van der Waals surface area contributed by atoms with E-state index in [0.29, 0.717) is 0 Å². The molecule has 1 aromatic carbocycles. The Morgan fingerprint density at radius 2 is 2.00 bits per heavy atom. The first-order valence-corrected chi connectivity index (χ1v) is 2.99. The van der Waals surface area contributed by atoms with E-state index >= 15 is 0 Å². The highest BCUT2D eigenvalue weighted by molar-refractivity contribution is 5.59. The summed E-state index contributed by atoms with van der Waals surface area (Å²) >= 11 is 0. The van der Waals surface area contributed by atoms with Gasteiger partial charge in [0.15, 0.2) is 11.4 Å². The Balaban J connectivity index is 3.18. The van der Waals surface area contributed by atoms with E-state index in [1.165, 1.54) is 18.2 Å². The maximum atomic E-state index is 10.1. The lowest BCUT2D eigenvalue weighted by Crippen LogP contribution is -2.01. The van der Waals surface area contributed by atoms with Gasteiger partial charge in [0.25, 0.3) is 0 Å². The van der Waals surface area contributed by atoms with Gasteiger partial charge in [0.1, 0.15) is 5.69 Å². The van der Waals surface area contributed by atoms with Crippen LogP contribution in [0, 0.1) is 9.81 Å². The largest absolute Gasteiger partial charge is 0.409 e. The SMILES string of the molecule is NOc1ccc(N=O)cc1N=O. The lowest BCUT2D eigenvalue weighted by Gasteiger charge is -1.99. The van der Waals surface area contributed by atoms with Crippen molar-refractivity contribution in [2.24, 2.45) is 16.3 Å². The standard InChI is InChI=1S/C6H5N3O3/c7-12-6-2-1-4(8-10)3-5(6)9-11/h1-3H,7H2. The molecule has 0 aromatic heterocycles. The maximum Gasteiger partial charge on any atom is 0.176 e. The zero-order valence-electron chi connectivity index (χ0n) is 5.93. The summed E-state index contributed by atoms with van der Waals surface area (Å²) in [6, 6.07) is 3.89. The van der Waals surface area contributed by atoms with Gasteiger partial charge in [-0.1, -0.05) is 0 Å². The Morgan fingerprint density at radius 1 is 1.25 bits per heavy atom. The van der Waals surface area contributed by atoms with Crippen LogP contribution in [-0.2, 0) is 0 Å². The molecule has 0 amide bonds. The van der Waals surface area contributed by atoms with E-state index < -0.39 is 0 Å². The van der Waals surface area contributed by atoms with Crippen molar-refractivity contribution in [2.45, 2.75) is 0 Å². The first-order valence-electron chi connectivity index (χ1n) is 2.99. The van der Waals surface area contributed by atoms with Crippen molar-refractivity contribution in [3.8, 4) is 5.75 Å². The molecule has 0 saturated carbocycles.